The molecule has 2 unspecified atom stereocenters. The van der Waals surface area contributed by atoms with Gasteiger partial charge in [-0.1, -0.05) is 6.07 Å². The minimum absolute atomic E-state index is 0.00985. The third kappa shape index (κ3) is 3.04. The van der Waals surface area contributed by atoms with Crippen LogP contribution in [0.2, 0.25) is 0 Å². The molecule has 0 aromatic heterocycles. The lowest BCUT2D eigenvalue weighted by Crippen LogP contribution is -2.57. The zero-order valence-electron chi connectivity index (χ0n) is 12.2. The van der Waals surface area contributed by atoms with Crippen LogP contribution in [-0.2, 0) is 9.53 Å². The summed E-state index contributed by atoms with van der Waals surface area (Å²) in [4.78, 5) is 12.0. The maximum atomic E-state index is 12.0. The Morgan fingerprint density at radius 1 is 1.40 bits per heavy atom. The van der Waals surface area contributed by atoms with Gasteiger partial charge in [-0.25, -0.2) is 0 Å². The van der Waals surface area contributed by atoms with Gasteiger partial charge in [-0.3, -0.25) is 4.79 Å². The van der Waals surface area contributed by atoms with Crippen molar-refractivity contribution in [1.82, 2.24) is 0 Å². The predicted molar refractivity (Wildman–Crippen MR) is 77.8 cm³/mol. The molecule has 1 aliphatic heterocycles. The number of carbonyl (C=O) groups excluding carboxylic acids is 1. The van der Waals surface area contributed by atoms with Gasteiger partial charge in [-0.05, 0) is 26.0 Å². The van der Waals surface area contributed by atoms with Crippen LogP contribution in [0.1, 0.15) is 26.7 Å². The number of benzene rings is 1. The van der Waals surface area contributed by atoms with Crippen molar-refractivity contribution in [2.24, 2.45) is 5.73 Å². The molecule has 1 fully saturated rings. The number of rotatable bonds is 4. The molecule has 0 spiro atoms. The molecule has 0 bridgehead atoms. The lowest BCUT2D eigenvalue weighted by atomic mass is 9.83. The number of nitrogens with two attached hydrogens (primary N) is 1. The van der Waals surface area contributed by atoms with Gasteiger partial charge < -0.3 is 20.5 Å². The zero-order chi connectivity index (χ0) is 14.8. The maximum absolute atomic E-state index is 12.0. The highest BCUT2D eigenvalue weighted by molar-refractivity contribution is 5.88. The van der Waals surface area contributed by atoms with Gasteiger partial charge in [0.05, 0.1) is 19.3 Å². The first-order valence-corrected chi connectivity index (χ1v) is 6.83. The molecule has 1 saturated heterocycles. The molecule has 110 valence electrons. The van der Waals surface area contributed by atoms with Crippen molar-refractivity contribution in [2.75, 3.05) is 12.4 Å². The summed E-state index contributed by atoms with van der Waals surface area (Å²) >= 11 is 0. The molecular weight excluding hydrogens is 256 g/mol. The standard InChI is InChI=1S/C15H22N2O3/c1-10-8-15(14(16)18,9-11(2)20-10)17-12-5-4-6-13(7-12)19-3/h4-7,10-11,17H,8-9H2,1-3H3,(H2,16,18). The van der Waals surface area contributed by atoms with E-state index in [1.807, 2.05) is 38.1 Å². The average Bonchev–Trinajstić information content (AvgIpc) is 2.37. The van der Waals surface area contributed by atoms with Crippen LogP contribution in [0.4, 0.5) is 5.69 Å². The van der Waals surface area contributed by atoms with Gasteiger partial charge in [-0.2, -0.15) is 0 Å². The number of ether oxygens (including phenoxy) is 2. The topological polar surface area (TPSA) is 73.6 Å². The number of hydrogen-bond acceptors (Lipinski definition) is 4. The molecule has 20 heavy (non-hydrogen) atoms. The number of amides is 1. The lowest BCUT2D eigenvalue weighted by molar-refractivity contribution is -0.131. The van der Waals surface area contributed by atoms with Gasteiger partial charge in [0.25, 0.3) is 0 Å². The predicted octanol–water partition coefficient (Wildman–Crippen LogP) is 1.92. The summed E-state index contributed by atoms with van der Waals surface area (Å²) in [6.45, 7) is 3.92. The van der Waals surface area contributed by atoms with Crippen molar-refractivity contribution >= 4 is 11.6 Å². The SMILES string of the molecule is COc1cccc(NC2(C(N)=O)CC(C)OC(C)C2)c1. The summed E-state index contributed by atoms with van der Waals surface area (Å²) in [7, 11) is 1.61. The first-order valence-electron chi connectivity index (χ1n) is 6.83. The van der Waals surface area contributed by atoms with Crippen LogP contribution in [0.15, 0.2) is 24.3 Å². The first-order chi connectivity index (χ1) is 9.45. The summed E-state index contributed by atoms with van der Waals surface area (Å²) < 4.78 is 10.9. The fourth-order valence-corrected chi connectivity index (χ4v) is 2.90. The van der Waals surface area contributed by atoms with E-state index in [9.17, 15) is 4.79 Å². The molecule has 5 heteroatoms. The molecule has 0 radical (unpaired) electrons. The minimum atomic E-state index is -0.774. The second-order valence-electron chi connectivity index (χ2n) is 5.47. The Bertz CT molecular complexity index is 480. The fourth-order valence-electron chi connectivity index (χ4n) is 2.90. The Labute approximate surface area is 119 Å². The molecule has 0 aliphatic carbocycles. The Balaban J connectivity index is 2.26. The molecule has 1 aliphatic rings. The highest BCUT2D eigenvalue weighted by Gasteiger charge is 2.43. The number of anilines is 1. The fraction of sp³-hybridized carbons (Fsp3) is 0.533. The molecular formula is C15H22N2O3. The Morgan fingerprint density at radius 2 is 2.05 bits per heavy atom. The van der Waals surface area contributed by atoms with Crippen LogP contribution in [0.25, 0.3) is 0 Å². The molecule has 1 aromatic rings. The summed E-state index contributed by atoms with van der Waals surface area (Å²) in [6.07, 6.45) is 1.10. The van der Waals surface area contributed by atoms with E-state index in [0.29, 0.717) is 12.8 Å². The van der Waals surface area contributed by atoms with Crippen molar-refractivity contribution in [2.45, 2.75) is 44.4 Å². The second kappa shape index (κ2) is 5.71. The number of carbonyl (C=O) groups is 1. The molecule has 3 N–H and O–H groups in total. The molecule has 2 rings (SSSR count). The van der Waals surface area contributed by atoms with Crippen molar-refractivity contribution in [3.63, 3.8) is 0 Å². The summed E-state index contributed by atoms with van der Waals surface area (Å²) in [5, 5.41) is 3.29. The van der Waals surface area contributed by atoms with Crippen LogP contribution in [0.5, 0.6) is 5.75 Å². The summed E-state index contributed by atoms with van der Waals surface area (Å²) in [5.41, 5.74) is 5.71. The van der Waals surface area contributed by atoms with Gasteiger partial charge in [0, 0.05) is 24.6 Å². The summed E-state index contributed by atoms with van der Waals surface area (Å²) in [6, 6.07) is 7.49. The number of hydrogen-bond donors (Lipinski definition) is 2. The minimum Gasteiger partial charge on any atom is -0.497 e. The van der Waals surface area contributed by atoms with E-state index >= 15 is 0 Å². The Kier molecular flexibility index (Phi) is 4.18. The third-order valence-corrected chi connectivity index (χ3v) is 3.66. The number of methoxy groups -OCH3 is 1. The van der Waals surface area contributed by atoms with Gasteiger partial charge in [0.15, 0.2) is 0 Å². The Morgan fingerprint density at radius 3 is 2.60 bits per heavy atom. The van der Waals surface area contributed by atoms with Crippen LogP contribution < -0.4 is 15.8 Å². The van der Waals surface area contributed by atoms with E-state index in [-0.39, 0.29) is 18.1 Å². The molecule has 1 heterocycles. The van der Waals surface area contributed by atoms with Crippen molar-refractivity contribution in [3.8, 4) is 5.75 Å². The van der Waals surface area contributed by atoms with Gasteiger partial charge >= 0.3 is 0 Å². The van der Waals surface area contributed by atoms with E-state index in [2.05, 4.69) is 5.32 Å². The van der Waals surface area contributed by atoms with Crippen LogP contribution in [0.3, 0.4) is 0 Å². The highest BCUT2D eigenvalue weighted by Crippen LogP contribution is 2.33. The van der Waals surface area contributed by atoms with E-state index in [4.69, 9.17) is 15.2 Å². The average molecular weight is 278 g/mol. The number of nitrogens with one attached hydrogen (secondary N) is 1. The maximum Gasteiger partial charge on any atom is 0.243 e. The zero-order valence-corrected chi connectivity index (χ0v) is 12.2. The molecule has 5 nitrogen and oxygen atoms in total. The van der Waals surface area contributed by atoms with Gasteiger partial charge in [0.1, 0.15) is 11.3 Å². The smallest absolute Gasteiger partial charge is 0.243 e. The van der Waals surface area contributed by atoms with Crippen LogP contribution in [-0.4, -0.2) is 30.8 Å². The molecule has 2 atom stereocenters. The quantitative estimate of drug-likeness (QED) is 0.882. The highest BCUT2D eigenvalue weighted by atomic mass is 16.5. The number of primary amides is 1. The molecule has 1 aromatic carbocycles. The first kappa shape index (κ1) is 14.7. The Hall–Kier alpha value is -1.75. The van der Waals surface area contributed by atoms with E-state index in [1.165, 1.54) is 0 Å². The second-order valence-corrected chi connectivity index (χ2v) is 5.47. The van der Waals surface area contributed by atoms with Gasteiger partial charge in [0.2, 0.25) is 5.91 Å². The molecule has 0 saturated carbocycles. The third-order valence-electron chi connectivity index (χ3n) is 3.66. The van der Waals surface area contributed by atoms with Crippen molar-refractivity contribution in [1.29, 1.82) is 0 Å². The van der Waals surface area contributed by atoms with Crippen LogP contribution in [0, 0.1) is 0 Å². The molecule has 1 amide bonds. The normalized spacial score (nSPS) is 29.8. The van der Waals surface area contributed by atoms with E-state index in [0.717, 1.165) is 11.4 Å². The van der Waals surface area contributed by atoms with E-state index in [1.54, 1.807) is 7.11 Å². The van der Waals surface area contributed by atoms with Crippen LogP contribution >= 0.6 is 0 Å². The summed E-state index contributed by atoms with van der Waals surface area (Å²) in [5.74, 6) is 0.394. The van der Waals surface area contributed by atoms with Crippen molar-refractivity contribution in [3.05, 3.63) is 24.3 Å². The van der Waals surface area contributed by atoms with Gasteiger partial charge in [-0.15, -0.1) is 0 Å². The lowest BCUT2D eigenvalue weighted by Gasteiger charge is -2.41. The monoisotopic (exact) mass is 278 g/mol. The van der Waals surface area contributed by atoms with E-state index < -0.39 is 5.54 Å². The van der Waals surface area contributed by atoms with Crippen molar-refractivity contribution < 1.29 is 14.3 Å². The largest absolute Gasteiger partial charge is 0.497 e.